The van der Waals surface area contributed by atoms with Gasteiger partial charge in [0, 0.05) is 12.1 Å². The summed E-state index contributed by atoms with van der Waals surface area (Å²) in [6, 6.07) is 10.5. The number of nitro groups is 1. The molecular formula is C18H19NO6. The van der Waals surface area contributed by atoms with E-state index in [-0.39, 0.29) is 22.8 Å². The van der Waals surface area contributed by atoms with E-state index in [4.69, 9.17) is 18.9 Å². The fourth-order valence-corrected chi connectivity index (χ4v) is 2.46. The first kappa shape index (κ1) is 18.1. The fourth-order valence-electron chi connectivity index (χ4n) is 2.46. The number of hydrogen-bond donors (Lipinski definition) is 0. The molecule has 0 unspecified atom stereocenters. The molecular weight excluding hydrogens is 326 g/mol. The molecule has 25 heavy (non-hydrogen) atoms. The zero-order chi connectivity index (χ0) is 18.4. The summed E-state index contributed by atoms with van der Waals surface area (Å²) in [7, 11) is 5.73. The van der Waals surface area contributed by atoms with Gasteiger partial charge in [-0.2, -0.15) is 0 Å². The predicted octanol–water partition coefficient (Wildman–Crippen LogP) is 3.50. The van der Waals surface area contributed by atoms with Crippen molar-refractivity contribution in [1.82, 2.24) is 0 Å². The maximum atomic E-state index is 11.7. The second-order valence-electron chi connectivity index (χ2n) is 4.92. The lowest BCUT2D eigenvalue weighted by molar-refractivity contribution is -0.374. The largest absolute Gasteiger partial charge is 0.493 e. The highest BCUT2D eigenvalue weighted by Crippen LogP contribution is 2.48. The summed E-state index contributed by atoms with van der Waals surface area (Å²) >= 11 is 0. The van der Waals surface area contributed by atoms with Crippen LogP contribution in [0.5, 0.6) is 23.0 Å². The lowest BCUT2D eigenvalue weighted by Gasteiger charge is -2.17. The average molecular weight is 345 g/mol. The lowest BCUT2D eigenvalue weighted by atomic mass is 10.1. The molecule has 2 aromatic rings. The summed E-state index contributed by atoms with van der Waals surface area (Å²) in [5.74, 6) is 1.02. The van der Waals surface area contributed by atoms with E-state index in [9.17, 15) is 10.1 Å². The third-order valence-electron chi connectivity index (χ3n) is 3.56. The first-order valence-electron chi connectivity index (χ1n) is 7.35. The first-order chi connectivity index (χ1) is 12.1. The summed E-state index contributed by atoms with van der Waals surface area (Å²) in [5.41, 5.74) is 0.762. The highest BCUT2D eigenvalue weighted by atomic mass is 16.6. The van der Waals surface area contributed by atoms with Crippen LogP contribution in [0, 0.1) is 10.1 Å². The van der Waals surface area contributed by atoms with E-state index in [0.29, 0.717) is 17.1 Å². The number of hydrogen-bond acceptors (Lipinski definition) is 6. The van der Waals surface area contributed by atoms with Crippen molar-refractivity contribution in [2.45, 2.75) is 0 Å². The number of ether oxygens (including phenoxy) is 4. The normalized spacial score (nSPS) is 11.0. The minimum Gasteiger partial charge on any atom is -0.493 e. The lowest BCUT2D eigenvalue weighted by Crippen LogP contribution is -2.05. The van der Waals surface area contributed by atoms with Crippen LogP contribution >= 0.6 is 0 Å². The van der Waals surface area contributed by atoms with Crippen molar-refractivity contribution >= 4 is 11.8 Å². The van der Waals surface area contributed by atoms with Crippen molar-refractivity contribution in [3.63, 3.8) is 0 Å². The van der Waals surface area contributed by atoms with E-state index in [1.165, 1.54) is 40.6 Å². The van der Waals surface area contributed by atoms with Gasteiger partial charge in [-0.05, 0) is 5.56 Å². The van der Waals surface area contributed by atoms with Gasteiger partial charge in [0.2, 0.25) is 11.5 Å². The second kappa shape index (κ2) is 8.05. The minimum atomic E-state index is -0.476. The van der Waals surface area contributed by atoms with Gasteiger partial charge in [0.15, 0.2) is 11.5 Å². The van der Waals surface area contributed by atoms with Gasteiger partial charge >= 0.3 is 0 Å². The standard InChI is InChI=1S/C18H19NO6/c1-22-15-11-13(16(23-2)18(25-4)17(15)24-3)14(19(20)21)10-12-8-6-5-7-9-12/h5-11H,1-4H3. The van der Waals surface area contributed by atoms with Crippen LogP contribution in [-0.2, 0) is 0 Å². The van der Waals surface area contributed by atoms with Crippen LogP contribution in [0.1, 0.15) is 11.1 Å². The van der Waals surface area contributed by atoms with Crippen LogP contribution in [0.15, 0.2) is 36.4 Å². The molecule has 0 aliphatic rings. The Kier molecular flexibility index (Phi) is 5.84. The predicted molar refractivity (Wildman–Crippen MR) is 94.0 cm³/mol. The number of rotatable bonds is 7. The summed E-state index contributed by atoms with van der Waals surface area (Å²) in [5, 5.41) is 11.7. The zero-order valence-corrected chi connectivity index (χ0v) is 14.4. The van der Waals surface area contributed by atoms with Crippen LogP contribution in [-0.4, -0.2) is 33.4 Å². The smallest absolute Gasteiger partial charge is 0.281 e. The van der Waals surface area contributed by atoms with E-state index in [1.54, 1.807) is 24.3 Å². The molecule has 2 aromatic carbocycles. The van der Waals surface area contributed by atoms with E-state index in [2.05, 4.69) is 0 Å². The Morgan fingerprint density at radius 2 is 1.52 bits per heavy atom. The van der Waals surface area contributed by atoms with Crippen molar-refractivity contribution in [2.24, 2.45) is 0 Å². The van der Waals surface area contributed by atoms with E-state index < -0.39 is 4.92 Å². The molecule has 0 aliphatic heterocycles. The molecule has 132 valence electrons. The molecule has 0 aliphatic carbocycles. The van der Waals surface area contributed by atoms with Gasteiger partial charge < -0.3 is 18.9 Å². The van der Waals surface area contributed by atoms with Gasteiger partial charge in [0.05, 0.1) is 33.4 Å². The third-order valence-corrected chi connectivity index (χ3v) is 3.56. The number of methoxy groups -OCH3 is 4. The van der Waals surface area contributed by atoms with Crippen LogP contribution in [0.4, 0.5) is 0 Å². The molecule has 7 heteroatoms. The third kappa shape index (κ3) is 3.65. The van der Waals surface area contributed by atoms with Crippen molar-refractivity contribution in [3.8, 4) is 23.0 Å². The fraction of sp³-hybridized carbons (Fsp3) is 0.222. The monoisotopic (exact) mass is 345 g/mol. The molecule has 0 heterocycles. The summed E-state index contributed by atoms with van der Waals surface area (Å²) in [4.78, 5) is 11.2. The van der Waals surface area contributed by atoms with Crippen LogP contribution in [0.25, 0.3) is 11.8 Å². The van der Waals surface area contributed by atoms with Gasteiger partial charge in [-0.15, -0.1) is 0 Å². The average Bonchev–Trinajstić information content (AvgIpc) is 2.64. The van der Waals surface area contributed by atoms with Gasteiger partial charge in [0.1, 0.15) is 5.56 Å². The van der Waals surface area contributed by atoms with Gasteiger partial charge in [-0.3, -0.25) is 10.1 Å². The molecule has 0 fully saturated rings. The van der Waals surface area contributed by atoms with Crippen molar-refractivity contribution in [2.75, 3.05) is 28.4 Å². The second-order valence-corrected chi connectivity index (χ2v) is 4.92. The highest BCUT2D eigenvalue weighted by Gasteiger charge is 2.28. The zero-order valence-electron chi connectivity index (χ0n) is 14.4. The number of benzene rings is 2. The van der Waals surface area contributed by atoms with E-state index in [1.807, 2.05) is 6.07 Å². The molecule has 0 spiro atoms. The Labute approximate surface area is 145 Å². The molecule has 0 aromatic heterocycles. The Morgan fingerprint density at radius 1 is 0.920 bits per heavy atom. The molecule has 0 saturated heterocycles. The van der Waals surface area contributed by atoms with Crippen LogP contribution in [0.2, 0.25) is 0 Å². The molecule has 7 nitrogen and oxygen atoms in total. The Morgan fingerprint density at radius 3 is 2.00 bits per heavy atom. The Hall–Kier alpha value is -3.22. The molecule has 0 atom stereocenters. The van der Waals surface area contributed by atoms with E-state index in [0.717, 1.165) is 0 Å². The Balaban J connectivity index is 2.77. The van der Waals surface area contributed by atoms with E-state index >= 15 is 0 Å². The molecule has 2 rings (SSSR count). The topological polar surface area (TPSA) is 80.1 Å². The van der Waals surface area contributed by atoms with Gasteiger partial charge in [-0.25, -0.2) is 0 Å². The molecule has 0 radical (unpaired) electrons. The van der Waals surface area contributed by atoms with Crippen molar-refractivity contribution in [3.05, 3.63) is 57.6 Å². The molecule has 0 bridgehead atoms. The maximum Gasteiger partial charge on any atom is 0.281 e. The highest BCUT2D eigenvalue weighted by molar-refractivity contribution is 5.83. The molecule has 0 saturated carbocycles. The summed E-state index contributed by atoms with van der Waals surface area (Å²) < 4.78 is 21.3. The maximum absolute atomic E-state index is 11.7. The number of nitrogens with zero attached hydrogens (tertiary/aromatic N) is 1. The first-order valence-corrected chi connectivity index (χ1v) is 7.35. The van der Waals surface area contributed by atoms with Crippen molar-refractivity contribution in [1.29, 1.82) is 0 Å². The van der Waals surface area contributed by atoms with Crippen LogP contribution in [0.3, 0.4) is 0 Å². The molecule has 0 N–H and O–H groups in total. The molecule has 0 amide bonds. The van der Waals surface area contributed by atoms with Crippen LogP contribution < -0.4 is 18.9 Å². The Bertz CT molecular complexity index is 786. The quantitative estimate of drug-likeness (QED) is 0.434. The summed E-state index contributed by atoms with van der Waals surface area (Å²) in [6.45, 7) is 0. The minimum absolute atomic E-state index is 0.151. The van der Waals surface area contributed by atoms with Gasteiger partial charge in [-0.1, -0.05) is 30.3 Å². The SMILES string of the molecule is COc1cc(C(=Cc2ccccc2)[N+](=O)[O-])c(OC)c(OC)c1OC. The summed E-state index contributed by atoms with van der Waals surface area (Å²) in [6.07, 6.45) is 1.46. The van der Waals surface area contributed by atoms with Gasteiger partial charge in [0.25, 0.3) is 5.70 Å². The van der Waals surface area contributed by atoms with Crippen molar-refractivity contribution < 1.29 is 23.9 Å².